The predicted octanol–water partition coefficient (Wildman–Crippen LogP) is 1.48. The molecule has 0 bridgehead atoms. The van der Waals surface area contributed by atoms with E-state index in [-0.39, 0.29) is 22.4 Å². The van der Waals surface area contributed by atoms with Crippen molar-refractivity contribution in [3.05, 3.63) is 64.6 Å². The molecule has 130 valence electrons. The zero-order valence-electron chi connectivity index (χ0n) is 14.0. The van der Waals surface area contributed by atoms with Crippen LogP contribution in [0, 0.1) is 21.7 Å². The molecule has 0 unspecified atom stereocenters. The fourth-order valence-corrected chi connectivity index (χ4v) is 3.25. The molecule has 4 rings (SSSR count). The molecule has 0 spiro atoms. The predicted molar refractivity (Wildman–Crippen MR) is 95.1 cm³/mol. The highest BCUT2D eigenvalue weighted by atomic mass is 16.5. The van der Waals surface area contributed by atoms with Gasteiger partial charge in [0.1, 0.15) is 0 Å². The molecule has 2 heterocycles. The third-order valence-corrected chi connectivity index (χ3v) is 4.56. The molecule has 26 heavy (non-hydrogen) atoms. The molecule has 0 atom stereocenters. The first-order chi connectivity index (χ1) is 12.7. The number of anilines is 1. The molecule has 3 aromatic rings. The molecule has 0 N–H and O–H groups in total. The summed E-state index contributed by atoms with van der Waals surface area (Å²) in [6, 6.07) is 15.8. The lowest BCUT2D eigenvalue weighted by molar-refractivity contribution is -0.622. The van der Waals surface area contributed by atoms with Gasteiger partial charge in [0.05, 0.1) is 18.8 Å². The molecule has 1 aliphatic heterocycles. The van der Waals surface area contributed by atoms with Gasteiger partial charge in [-0.15, -0.1) is 4.73 Å². The van der Waals surface area contributed by atoms with Gasteiger partial charge in [0.2, 0.25) is 0 Å². The van der Waals surface area contributed by atoms with Crippen molar-refractivity contribution >= 4 is 16.7 Å². The Hall–Kier alpha value is -3.37. The molecule has 0 aliphatic carbocycles. The van der Waals surface area contributed by atoms with Crippen molar-refractivity contribution in [2.75, 3.05) is 31.2 Å². The Kier molecular flexibility index (Phi) is 4.03. The maximum atomic E-state index is 12.9. The highest BCUT2D eigenvalue weighted by Crippen LogP contribution is 2.23. The van der Waals surface area contributed by atoms with Crippen LogP contribution < -0.4 is 14.4 Å². The summed E-state index contributed by atoms with van der Waals surface area (Å²) < 4.78 is 6.57. The van der Waals surface area contributed by atoms with Gasteiger partial charge in [0, 0.05) is 30.9 Å². The monoisotopic (exact) mass is 348 g/mol. The van der Waals surface area contributed by atoms with Crippen molar-refractivity contribution in [1.82, 2.24) is 0 Å². The van der Waals surface area contributed by atoms with E-state index in [1.807, 2.05) is 18.2 Å². The second-order valence-electron chi connectivity index (χ2n) is 6.04. The SMILES string of the molecule is N#Cc1c(-c2ccccc2)[n+]([O-])c2ccc(N3CCOCC3)cc2[n+]1[O-]. The van der Waals surface area contributed by atoms with Gasteiger partial charge in [-0.25, -0.2) is 0 Å². The van der Waals surface area contributed by atoms with Crippen LogP contribution in [0.5, 0.6) is 0 Å². The Bertz CT molecular complexity index is 1010. The number of ether oxygens (including phenoxy) is 1. The minimum Gasteiger partial charge on any atom is -0.617 e. The molecule has 1 aromatic heterocycles. The Morgan fingerprint density at radius 2 is 1.69 bits per heavy atom. The number of rotatable bonds is 2. The molecule has 1 saturated heterocycles. The maximum absolute atomic E-state index is 12.9. The molecule has 1 fully saturated rings. The van der Waals surface area contributed by atoms with Gasteiger partial charge in [-0.1, -0.05) is 18.2 Å². The Balaban J connectivity index is 1.94. The van der Waals surface area contributed by atoms with Crippen molar-refractivity contribution in [3.63, 3.8) is 0 Å². The molecule has 0 amide bonds. The zero-order valence-corrected chi connectivity index (χ0v) is 14.0. The van der Waals surface area contributed by atoms with E-state index in [0.717, 1.165) is 18.8 Å². The molecule has 7 heteroatoms. The Labute approximate surface area is 150 Å². The highest BCUT2D eigenvalue weighted by molar-refractivity contribution is 5.76. The summed E-state index contributed by atoms with van der Waals surface area (Å²) in [7, 11) is 0. The van der Waals surface area contributed by atoms with E-state index in [2.05, 4.69) is 4.90 Å². The van der Waals surface area contributed by atoms with Crippen LogP contribution in [0.1, 0.15) is 5.69 Å². The number of hydrogen-bond acceptors (Lipinski definition) is 5. The molecule has 0 saturated carbocycles. The number of fused-ring (bicyclic) bond motifs is 1. The molecule has 2 aromatic carbocycles. The van der Waals surface area contributed by atoms with Gasteiger partial charge in [0.25, 0.3) is 11.0 Å². The van der Waals surface area contributed by atoms with Gasteiger partial charge in [-0.05, 0) is 18.2 Å². The minimum absolute atomic E-state index is 0.0646. The lowest BCUT2D eigenvalue weighted by atomic mass is 10.1. The number of nitrogens with zero attached hydrogens (tertiary/aromatic N) is 4. The van der Waals surface area contributed by atoms with Gasteiger partial charge >= 0.3 is 11.4 Å². The smallest absolute Gasteiger partial charge is 0.369 e. The second kappa shape index (κ2) is 6.50. The van der Waals surface area contributed by atoms with Gasteiger partial charge < -0.3 is 20.1 Å². The standard InChI is InChI=1S/C19H16N4O3/c20-13-18-19(14-4-2-1-3-5-14)23(25)16-7-6-15(12-17(16)22(18)24)21-8-10-26-11-9-21/h1-7,12H,8-11H2. The first-order valence-electron chi connectivity index (χ1n) is 8.32. The fourth-order valence-electron chi connectivity index (χ4n) is 3.25. The normalized spacial score (nSPS) is 14.3. The van der Waals surface area contributed by atoms with Crippen LogP contribution in [0.25, 0.3) is 22.3 Å². The fraction of sp³-hybridized carbons (Fsp3) is 0.211. The third kappa shape index (κ3) is 2.57. The second-order valence-corrected chi connectivity index (χ2v) is 6.04. The third-order valence-electron chi connectivity index (χ3n) is 4.56. The Morgan fingerprint density at radius 3 is 2.38 bits per heavy atom. The number of nitriles is 1. The highest BCUT2D eigenvalue weighted by Gasteiger charge is 2.30. The number of hydrogen-bond donors (Lipinski definition) is 0. The summed E-state index contributed by atoms with van der Waals surface area (Å²) in [4.78, 5) is 2.09. The summed E-state index contributed by atoms with van der Waals surface area (Å²) in [5.41, 5.74) is 1.63. The van der Waals surface area contributed by atoms with Crippen LogP contribution in [0.15, 0.2) is 48.5 Å². The van der Waals surface area contributed by atoms with Crippen LogP contribution >= 0.6 is 0 Å². The van der Waals surface area contributed by atoms with Gasteiger partial charge in [0.15, 0.2) is 6.07 Å². The van der Waals surface area contributed by atoms with Crippen molar-refractivity contribution in [2.45, 2.75) is 0 Å². The summed E-state index contributed by atoms with van der Waals surface area (Å²) >= 11 is 0. The largest absolute Gasteiger partial charge is 0.617 e. The van der Waals surface area contributed by atoms with E-state index < -0.39 is 0 Å². The summed E-state index contributed by atoms with van der Waals surface area (Å²) in [6.45, 7) is 2.67. The van der Waals surface area contributed by atoms with E-state index in [1.165, 1.54) is 0 Å². The Morgan fingerprint density at radius 1 is 0.962 bits per heavy atom. The molecular weight excluding hydrogens is 332 g/mol. The van der Waals surface area contributed by atoms with Crippen LogP contribution in [0.3, 0.4) is 0 Å². The lowest BCUT2D eigenvalue weighted by Crippen LogP contribution is -2.43. The van der Waals surface area contributed by atoms with E-state index >= 15 is 0 Å². The minimum atomic E-state index is -0.210. The van der Waals surface area contributed by atoms with Crippen molar-refractivity contribution in [3.8, 4) is 17.3 Å². The van der Waals surface area contributed by atoms with Gasteiger partial charge in [-0.3, -0.25) is 0 Å². The van der Waals surface area contributed by atoms with E-state index in [1.54, 1.807) is 36.4 Å². The van der Waals surface area contributed by atoms with Gasteiger partial charge in [-0.2, -0.15) is 9.99 Å². The first-order valence-corrected chi connectivity index (χ1v) is 8.32. The molecule has 0 radical (unpaired) electrons. The molecule has 1 aliphatic rings. The number of morpholine rings is 1. The summed E-state index contributed by atoms with van der Waals surface area (Å²) in [6.07, 6.45) is 0. The van der Waals surface area contributed by atoms with Crippen LogP contribution in [-0.2, 0) is 4.74 Å². The molecule has 7 nitrogen and oxygen atoms in total. The van der Waals surface area contributed by atoms with Crippen molar-refractivity contribution in [2.24, 2.45) is 0 Å². The van der Waals surface area contributed by atoms with Crippen LogP contribution in [-0.4, -0.2) is 26.3 Å². The maximum Gasteiger partial charge on any atom is 0.369 e. The quantitative estimate of drug-likeness (QED) is 0.517. The average molecular weight is 348 g/mol. The van der Waals surface area contributed by atoms with E-state index in [9.17, 15) is 15.7 Å². The van der Waals surface area contributed by atoms with Crippen molar-refractivity contribution < 1.29 is 14.2 Å². The van der Waals surface area contributed by atoms with E-state index in [4.69, 9.17) is 4.74 Å². The number of aromatic nitrogens is 2. The summed E-state index contributed by atoms with van der Waals surface area (Å²) in [5, 5.41) is 35.3. The van der Waals surface area contributed by atoms with Crippen LogP contribution in [0.4, 0.5) is 5.69 Å². The van der Waals surface area contributed by atoms with Crippen LogP contribution in [0.2, 0.25) is 0 Å². The van der Waals surface area contributed by atoms with E-state index in [0.29, 0.717) is 28.2 Å². The topological polar surface area (TPSA) is 90.1 Å². The average Bonchev–Trinajstić information content (AvgIpc) is 2.71. The molecular formula is C19H16N4O3. The lowest BCUT2D eigenvalue weighted by Gasteiger charge is -2.28. The number of benzene rings is 2. The van der Waals surface area contributed by atoms with Crippen molar-refractivity contribution in [1.29, 1.82) is 5.26 Å². The zero-order chi connectivity index (χ0) is 18.1. The first kappa shape index (κ1) is 16.1. The summed E-state index contributed by atoms with van der Waals surface area (Å²) in [5.74, 6) is 0.